The monoisotopic (exact) mass is 909 g/mol. The fourth-order valence-electron chi connectivity index (χ4n) is 8.76. The van der Waals surface area contributed by atoms with Gasteiger partial charge in [-0.1, -0.05) is 32.4 Å². The van der Waals surface area contributed by atoms with Crippen molar-refractivity contribution in [3.05, 3.63) is 35.7 Å². The molecule has 0 bridgehead atoms. The molecule has 3 fully saturated rings. The van der Waals surface area contributed by atoms with Crippen LogP contribution in [0.4, 0.5) is 22.4 Å². The van der Waals surface area contributed by atoms with E-state index < -0.39 is 91.7 Å². The molecule has 1 saturated heterocycles. The van der Waals surface area contributed by atoms with Crippen LogP contribution in [0.25, 0.3) is 10.8 Å². The molecule has 63 heavy (non-hydrogen) atoms. The van der Waals surface area contributed by atoms with Crippen molar-refractivity contribution in [2.24, 2.45) is 17.8 Å². The second kappa shape index (κ2) is 16.9. The number of amides is 4. The van der Waals surface area contributed by atoms with Gasteiger partial charge in [0.2, 0.25) is 39.2 Å². The van der Waals surface area contributed by atoms with Gasteiger partial charge in [0.15, 0.2) is 11.6 Å². The summed E-state index contributed by atoms with van der Waals surface area (Å²) in [5.74, 6) is -4.45. The van der Waals surface area contributed by atoms with Crippen molar-refractivity contribution in [1.29, 1.82) is 0 Å². The third-order valence-electron chi connectivity index (χ3n) is 13.3. The molecule has 1 unspecified atom stereocenters. The van der Waals surface area contributed by atoms with Gasteiger partial charge >= 0.3 is 12.3 Å². The summed E-state index contributed by atoms with van der Waals surface area (Å²) in [6.07, 6.45) is -0.319. The normalized spacial score (nSPS) is 29.0. The molecule has 3 aliphatic heterocycles. The Morgan fingerprint density at radius 3 is 2.52 bits per heavy atom. The van der Waals surface area contributed by atoms with Gasteiger partial charge in [-0.3, -0.25) is 19.1 Å². The Labute approximate surface area is 363 Å². The number of benzene rings is 1. The number of alkyl carbamates (subject to hydrolysis) is 1. The zero-order valence-electron chi connectivity index (χ0n) is 36.2. The average molecular weight is 910 g/mol. The van der Waals surface area contributed by atoms with E-state index in [1.165, 1.54) is 26.2 Å². The Hall–Kier alpha value is -4.88. The lowest BCUT2D eigenvalue weighted by molar-refractivity contribution is -0.244. The number of nitrogens with one attached hydrogen (secondary N) is 3. The van der Waals surface area contributed by atoms with Gasteiger partial charge in [0, 0.05) is 23.3 Å². The zero-order valence-corrected chi connectivity index (χ0v) is 37.0. The number of ether oxygens (including phenoxy) is 4. The second-order valence-electron chi connectivity index (χ2n) is 18.4. The first-order valence-electron chi connectivity index (χ1n) is 21.4. The number of sulfonamides is 1. The molecule has 3 N–H and O–H groups in total. The van der Waals surface area contributed by atoms with Crippen LogP contribution in [-0.2, 0) is 35.6 Å². The summed E-state index contributed by atoms with van der Waals surface area (Å²) in [4.78, 5) is 62.8. The van der Waals surface area contributed by atoms with Crippen LogP contribution in [0.2, 0.25) is 0 Å². The van der Waals surface area contributed by atoms with Gasteiger partial charge in [0.05, 0.1) is 25.0 Å². The predicted octanol–water partition coefficient (Wildman–Crippen LogP) is 5.77. The smallest absolute Gasteiger partial charge is 0.427 e. The highest BCUT2D eigenvalue weighted by Crippen LogP contribution is 2.48. The van der Waals surface area contributed by atoms with Gasteiger partial charge in [-0.25, -0.2) is 17.6 Å². The molecule has 2 saturated carbocycles. The fraction of sp³-hybridized carbons (Fsp3) is 0.651. The molecule has 1 aromatic heterocycles. The van der Waals surface area contributed by atoms with Gasteiger partial charge in [0.25, 0.3) is 5.91 Å². The quantitative estimate of drug-likeness (QED) is 0.205. The Kier molecular flexibility index (Phi) is 12.4. The molecule has 2 aromatic rings. The Balaban J connectivity index is 1.27. The highest BCUT2D eigenvalue weighted by molar-refractivity contribution is 7.91. The molecule has 7 atom stereocenters. The van der Waals surface area contributed by atoms with Crippen LogP contribution in [0.1, 0.15) is 98.0 Å². The summed E-state index contributed by atoms with van der Waals surface area (Å²) in [5, 5.41) is 6.01. The number of pyridine rings is 1. The molecule has 1 aromatic carbocycles. The number of halogens is 4. The minimum absolute atomic E-state index is 0.0258. The zero-order chi connectivity index (χ0) is 45.9. The van der Waals surface area contributed by atoms with Crippen LogP contribution in [0.3, 0.4) is 0 Å². The lowest BCUT2D eigenvalue weighted by atomic mass is 9.85. The Morgan fingerprint density at radius 2 is 1.86 bits per heavy atom. The minimum Gasteiger partial charge on any atom is -0.494 e. The highest BCUT2D eigenvalue weighted by atomic mass is 32.2. The number of rotatable bonds is 9. The van der Waals surface area contributed by atoms with Crippen molar-refractivity contribution < 1.29 is 64.1 Å². The van der Waals surface area contributed by atoms with Crippen molar-refractivity contribution in [2.75, 3.05) is 20.3 Å². The van der Waals surface area contributed by atoms with E-state index in [0.717, 1.165) is 4.90 Å². The van der Waals surface area contributed by atoms with Gasteiger partial charge in [-0.05, 0) is 101 Å². The van der Waals surface area contributed by atoms with Crippen molar-refractivity contribution in [2.45, 2.75) is 139 Å². The number of carbonyl (C=O) groups excluding carboxylic acids is 4. The van der Waals surface area contributed by atoms with Crippen LogP contribution in [-0.4, -0.2) is 103 Å². The van der Waals surface area contributed by atoms with E-state index >= 15 is 9.18 Å². The van der Waals surface area contributed by atoms with E-state index in [0.29, 0.717) is 82.8 Å². The number of aryl methyl sites for hydroxylation is 1. The largest absolute Gasteiger partial charge is 0.494 e. The average Bonchev–Trinajstić information content (AvgIpc) is 4.09. The molecule has 4 amide bonds. The summed E-state index contributed by atoms with van der Waals surface area (Å²) >= 11 is 0. The lowest BCUT2D eigenvalue weighted by Gasteiger charge is -2.35. The van der Waals surface area contributed by atoms with E-state index in [9.17, 15) is 36.0 Å². The van der Waals surface area contributed by atoms with Crippen molar-refractivity contribution in [3.63, 3.8) is 0 Å². The number of hydrogen-bond donors (Lipinski definition) is 3. The van der Waals surface area contributed by atoms with Gasteiger partial charge < -0.3 is 34.5 Å². The molecule has 7 rings (SSSR count). The summed E-state index contributed by atoms with van der Waals surface area (Å²) in [5.41, 5.74) is -3.92. The summed E-state index contributed by atoms with van der Waals surface area (Å²) in [6, 6.07) is -0.188. The Morgan fingerprint density at radius 1 is 1.13 bits per heavy atom. The number of methoxy groups -OCH3 is 1. The third kappa shape index (κ3) is 9.10. The molecule has 346 valence electrons. The molecular weight excluding hydrogens is 855 g/mol. The van der Waals surface area contributed by atoms with Crippen LogP contribution >= 0.6 is 0 Å². The van der Waals surface area contributed by atoms with E-state index in [1.807, 2.05) is 13.0 Å². The van der Waals surface area contributed by atoms with Crippen LogP contribution in [0, 0.1) is 23.6 Å². The van der Waals surface area contributed by atoms with E-state index in [2.05, 4.69) is 20.3 Å². The second-order valence-corrected chi connectivity index (χ2v) is 20.6. The van der Waals surface area contributed by atoms with Crippen molar-refractivity contribution >= 4 is 44.6 Å². The number of alkyl halides is 3. The summed E-state index contributed by atoms with van der Waals surface area (Å²) in [7, 11) is -2.79. The maximum Gasteiger partial charge on any atom is 0.427 e. The molecule has 15 nitrogen and oxygen atoms in total. The van der Waals surface area contributed by atoms with Crippen molar-refractivity contribution in [3.8, 4) is 17.5 Å². The molecule has 0 spiro atoms. The molecule has 4 heterocycles. The van der Waals surface area contributed by atoms with Gasteiger partial charge in [-0.15, -0.1) is 0 Å². The van der Waals surface area contributed by atoms with Crippen LogP contribution in [0.15, 0.2) is 24.3 Å². The number of aromatic nitrogens is 1. The molecule has 0 radical (unpaired) electrons. The first kappa shape index (κ1) is 46.1. The maximum atomic E-state index is 15.3. The van der Waals surface area contributed by atoms with Crippen molar-refractivity contribution in [1.82, 2.24) is 25.2 Å². The van der Waals surface area contributed by atoms with Crippen LogP contribution < -0.4 is 29.6 Å². The topological polar surface area (TPSA) is 192 Å². The van der Waals surface area contributed by atoms with E-state index in [4.69, 9.17) is 18.9 Å². The number of fused-ring (bicyclic) bond motifs is 5. The van der Waals surface area contributed by atoms with Crippen LogP contribution in [0.5, 0.6) is 17.5 Å². The molecular formula is C43H55F4N5O10S. The van der Waals surface area contributed by atoms with Gasteiger partial charge in [-0.2, -0.15) is 18.2 Å². The SMILES string of the molecule is CC[C@@H]1C[C@H](C)CC/C=C\C2C[C@@]2(C(=O)NS(=O)(=O)C2(C)CC2)NC(=O)[C@@H]2C[C@@H](Oc3nc4c(c5cc(OC)c(F)cc35)CCCO4)CN2C(=O)[C@H]1NC(=O)OC(C)(C)C(F)(F)F. The van der Waals surface area contributed by atoms with E-state index in [-0.39, 0.29) is 48.2 Å². The lowest BCUT2D eigenvalue weighted by Crippen LogP contribution is -2.60. The Bertz CT molecular complexity index is 2300. The predicted molar refractivity (Wildman–Crippen MR) is 220 cm³/mol. The summed E-state index contributed by atoms with van der Waals surface area (Å²) < 4.78 is 107. The molecule has 20 heteroatoms. The van der Waals surface area contributed by atoms with E-state index in [1.54, 1.807) is 13.0 Å². The number of hydrogen-bond acceptors (Lipinski definition) is 11. The molecule has 2 aliphatic carbocycles. The number of carbonyl (C=O) groups is 4. The minimum atomic E-state index is -4.95. The highest BCUT2D eigenvalue weighted by Gasteiger charge is 2.63. The standard InChI is InChI=1S/C43H55F4N5O10S/c1-7-24-17-23(2)11-8-9-12-25-21-42(25,38(55)51-63(57,58)41(5)14-15-41)50-34(53)31-18-26(22-52(31)37(54)33(24)48-39(56)62-40(3,4)43(45,46)47)61-36-29-19-30(44)32(59-6)20-28(29)27-13-10-16-60-35(27)49-36/h9,12,19-20,23-26,31,33H,7-8,10-11,13-18,21-22H2,1-6H3,(H,48,56)(H,50,53)(H,51,55)/b12-9-/t23-,24-,25?,26-,31+,33+,42-/m1/s1. The summed E-state index contributed by atoms with van der Waals surface area (Å²) in [6.45, 7) is 6.63. The maximum absolute atomic E-state index is 15.3. The van der Waals surface area contributed by atoms with Gasteiger partial charge in [0.1, 0.15) is 23.7 Å². The third-order valence-corrected chi connectivity index (χ3v) is 15.5. The molecule has 5 aliphatic rings. The number of nitrogens with zero attached hydrogens (tertiary/aromatic N) is 2. The number of allylic oxidation sites excluding steroid dienone is 1. The first-order valence-corrected chi connectivity index (χ1v) is 22.9. The first-order chi connectivity index (χ1) is 29.5. The fourth-order valence-corrected chi connectivity index (χ4v) is 10.1.